The van der Waals surface area contributed by atoms with Crippen LogP contribution in [0.5, 0.6) is 0 Å². The Balaban J connectivity index is 2.66. The predicted molar refractivity (Wildman–Crippen MR) is 67.5 cm³/mol. The summed E-state index contributed by atoms with van der Waals surface area (Å²) in [6, 6.07) is 7.83. The zero-order valence-corrected chi connectivity index (χ0v) is 10.6. The smallest absolute Gasteiger partial charge is 0.324 e. The van der Waals surface area contributed by atoms with Gasteiger partial charge in [0.1, 0.15) is 6.04 Å². The van der Waals surface area contributed by atoms with Gasteiger partial charge in [-0.25, -0.2) is 0 Å². The molecular weight excluding hydrogens is 216 g/mol. The number of nitrogens with two attached hydrogens (primary N) is 1. The maximum absolute atomic E-state index is 11.5. The molecule has 0 aliphatic carbocycles. The number of rotatable bonds is 5. The SMILES string of the molecule is COC(=O)C(CN)N(C)Cc1ccc(C)cc1. The highest BCUT2D eigenvalue weighted by atomic mass is 16.5. The molecular formula is C13H20N2O2. The third kappa shape index (κ3) is 3.84. The molecule has 0 bridgehead atoms. The number of ether oxygens (including phenoxy) is 1. The molecule has 0 fully saturated rings. The zero-order valence-electron chi connectivity index (χ0n) is 10.6. The summed E-state index contributed by atoms with van der Waals surface area (Å²) in [6.07, 6.45) is 0. The molecule has 1 atom stereocenters. The molecule has 0 saturated carbocycles. The van der Waals surface area contributed by atoms with E-state index in [0.717, 1.165) is 5.56 Å². The molecule has 1 unspecified atom stereocenters. The van der Waals surface area contributed by atoms with Crippen molar-refractivity contribution in [3.63, 3.8) is 0 Å². The Hall–Kier alpha value is -1.39. The highest BCUT2D eigenvalue weighted by Crippen LogP contribution is 2.08. The summed E-state index contributed by atoms with van der Waals surface area (Å²) in [5, 5.41) is 0. The van der Waals surface area contributed by atoms with Crippen LogP contribution in [0.4, 0.5) is 0 Å². The molecule has 0 saturated heterocycles. The molecule has 0 aliphatic rings. The number of likely N-dealkylation sites (N-methyl/N-ethyl adjacent to an activating group) is 1. The first-order valence-corrected chi connectivity index (χ1v) is 5.62. The Labute approximate surface area is 102 Å². The third-order valence-corrected chi connectivity index (χ3v) is 2.78. The van der Waals surface area contributed by atoms with Crippen molar-refractivity contribution in [3.05, 3.63) is 35.4 Å². The number of aryl methyl sites for hydroxylation is 1. The monoisotopic (exact) mass is 236 g/mol. The minimum atomic E-state index is -0.388. The molecule has 1 rings (SSSR count). The fourth-order valence-electron chi connectivity index (χ4n) is 1.68. The van der Waals surface area contributed by atoms with E-state index in [1.165, 1.54) is 12.7 Å². The number of hydrogen-bond donors (Lipinski definition) is 1. The minimum Gasteiger partial charge on any atom is -0.468 e. The molecule has 2 N–H and O–H groups in total. The van der Waals surface area contributed by atoms with Gasteiger partial charge in [0.05, 0.1) is 7.11 Å². The average Bonchev–Trinajstić information content (AvgIpc) is 2.32. The molecule has 0 spiro atoms. The topological polar surface area (TPSA) is 55.6 Å². The van der Waals surface area contributed by atoms with Crippen molar-refractivity contribution < 1.29 is 9.53 Å². The highest BCUT2D eigenvalue weighted by molar-refractivity contribution is 5.75. The van der Waals surface area contributed by atoms with E-state index in [9.17, 15) is 4.79 Å². The summed E-state index contributed by atoms with van der Waals surface area (Å²) in [4.78, 5) is 13.4. The van der Waals surface area contributed by atoms with E-state index in [0.29, 0.717) is 6.54 Å². The summed E-state index contributed by atoms with van der Waals surface area (Å²) in [5.74, 6) is -0.290. The van der Waals surface area contributed by atoms with E-state index in [-0.39, 0.29) is 18.6 Å². The second-order valence-corrected chi connectivity index (χ2v) is 4.18. The molecule has 94 valence electrons. The van der Waals surface area contributed by atoms with E-state index in [4.69, 9.17) is 10.5 Å². The van der Waals surface area contributed by atoms with Crippen molar-refractivity contribution >= 4 is 5.97 Å². The van der Waals surface area contributed by atoms with Crippen molar-refractivity contribution in [3.8, 4) is 0 Å². The number of hydrogen-bond acceptors (Lipinski definition) is 4. The van der Waals surface area contributed by atoms with Crippen LogP contribution >= 0.6 is 0 Å². The quantitative estimate of drug-likeness (QED) is 0.773. The number of benzene rings is 1. The molecule has 0 radical (unpaired) electrons. The van der Waals surface area contributed by atoms with Gasteiger partial charge in [0.2, 0.25) is 0 Å². The highest BCUT2D eigenvalue weighted by Gasteiger charge is 2.22. The molecule has 0 heterocycles. The predicted octanol–water partition coefficient (Wildman–Crippen LogP) is 0.927. The number of esters is 1. The summed E-state index contributed by atoms with van der Waals surface area (Å²) >= 11 is 0. The van der Waals surface area contributed by atoms with Gasteiger partial charge in [-0.3, -0.25) is 9.69 Å². The van der Waals surface area contributed by atoms with E-state index in [1.54, 1.807) is 0 Å². The van der Waals surface area contributed by atoms with Crippen molar-refractivity contribution in [1.29, 1.82) is 0 Å². The van der Waals surface area contributed by atoms with Gasteiger partial charge in [0.15, 0.2) is 0 Å². The number of carbonyl (C=O) groups excluding carboxylic acids is 1. The Kier molecular flexibility index (Phi) is 5.12. The molecule has 0 aromatic heterocycles. The molecule has 4 heteroatoms. The van der Waals surface area contributed by atoms with Crippen molar-refractivity contribution in [2.75, 3.05) is 20.7 Å². The van der Waals surface area contributed by atoms with Gasteiger partial charge in [-0.2, -0.15) is 0 Å². The van der Waals surface area contributed by atoms with Crippen LogP contribution in [0.2, 0.25) is 0 Å². The Morgan fingerprint density at radius 2 is 2.00 bits per heavy atom. The maximum atomic E-state index is 11.5. The normalized spacial score (nSPS) is 12.5. The minimum absolute atomic E-state index is 0.259. The fourth-order valence-corrected chi connectivity index (χ4v) is 1.68. The lowest BCUT2D eigenvalue weighted by atomic mass is 10.1. The zero-order chi connectivity index (χ0) is 12.8. The van der Waals surface area contributed by atoms with Crippen LogP contribution in [0, 0.1) is 6.92 Å². The van der Waals surface area contributed by atoms with E-state index >= 15 is 0 Å². The second kappa shape index (κ2) is 6.37. The molecule has 4 nitrogen and oxygen atoms in total. The molecule has 0 amide bonds. The first-order valence-electron chi connectivity index (χ1n) is 5.62. The lowest BCUT2D eigenvalue weighted by Crippen LogP contribution is -2.44. The molecule has 1 aromatic rings. The van der Waals surface area contributed by atoms with Gasteiger partial charge >= 0.3 is 5.97 Å². The first kappa shape index (κ1) is 13.7. The first-order chi connectivity index (χ1) is 8.08. The van der Waals surface area contributed by atoms with Crippen LogP contribution in [-0.2, 0) is 16.1 Å². The molecule has 1 aromatic carbocycles. The Morgan fingerprint density at radius 1 is 1.41 bits per heavy atom. The van der Waals surface area contributed by atoms with Gasteiger partial charge in [-0.1, -0.05) is 29.8 Å². The van der Waals surface area contributed by atoms with Gasteiger partial charge in [0.25, 0.3) is 0 Å². The van der Waals surface area contributed by atoms with E-state index in [2.05, 4.69) is 24.3 Å². The van der Waals surface area contributed by atoms with Gasteiger partial charge in [0, 0.05) is 13.1 Å². The van der Waals surface area contributed by atoms with Gasteiger partial charge in [-0.05, 0) is 19.5 Å². The van der Waals surface area contributed by atoms with Gasteiger partial charge < -0.3 is 10.5 Å². The maximum Gasteiger partial charge on any atom is 0.324 e. The summed E-state index contributed by atoms with van der Waals surface area (Å²) < 4.78 is 4.72. The van der Waals surface area contributed by atoms with Crippen LogP contribution in [0.3, 0.4) is 0 Å². The lowest BCUT2D eigenvalue weighted by molar-refractivity contribution is -0.146. The number of carbonyl (C=O) groups is 1. The van der Waals surface area contributed by atoms with E-state index < -0.39 is 0 Å². The Bertz CT molecular complexity index is 362. The van der Waals surface area contributed by atoms with Crippen molar-refractivity contribution in [1.82, 2.24) is 4.90 Å². The van der Waals surface area contributed by atoms with E-state index in [1.807, 2.05) is 18.9 Å². The van der Waals surface area contributed by atoms with Crippen LogP contribution in [0.15, 0.2) is 24.3 Å². The Morgan fingerprint density at radius 3 is 2.47 bits per heavy atom. The summed E-state index contributed by atoms with van der Waals surface area (Å²) in [7, 11) is 3.25. The van der Waals surface area contributed by atoms with Crippen LogP contribution in [0.25, 0.3) is 0 Å². The lowest BCUT2D eigenvalue weighted by Gasteiger charge is -2.24. The second-order valence-electron chi connectivity index (χ2n) is 4.18. The standard InChI is InChI=1S/C13H20N2O2/c1-10-4-6-11(7-5-10)9-15(2)12(8-14)13(16)17-3/h4-7,12H,8-9,14H2,1-3H3. The van der Waals surface area contributed by atoms with Gasteiger partial charge in [-0.15, -0.1) is 0 Å². The van der Waals surface area contributed by atoms with Crippen LogP contribution in [0.1, 0.15) is 11.1 Å². The van der Waals surface area contributed by atoms with Crippen molar-refractivity contribution in [2.45, 2.75) is 19.5 Å². The number of nitrogens with zero attached hydrogens (tertiary/aromatic N) is 1. The summed E-state index contributed by atoms with van der Waals surface area (Å²) in [5.41, 5.74) is 7.96. The molecule has 17 heavy (non-hydrogen) atoms. The van der Waals surface area contributed by atoms with Crippen LogP contribution in [-0.4, -0.2) is 37.6 Å². The average molecular weight is 236 g/mol. The number of methoxy groups -OCH3 is 1. The van der Waals surface area contributed by atoms with Crippen LogP contribution < -0.4 is 5.73 Å². The largest absolute Gasteiger partial charge is 0.468 e. The fraction of sp³-hybridized carbons (Fsp3) is 0.462. The van der Waals surface area contributed by atoms with Crippen molar-refractivity contribution in [2.24, 2.45) is 5.73 Å². The third-order valence-electron chi connectivity index (χ3n) is 2.78. The molecule has 0 aliphatic heterocycles. The summed E-state index contributed by atoms with van der Waals surface area (Å²) in [6.45, 7) is 2.98.